The van der Waals surface area contributed by atoms with Gasteiger partial charge in [-0.05, 0) is 31.2 Å². The molecule has 88 valence electrons. The van der Waals surface area contributed by atoms with Gasteiger partial charge in [-0.2, -0.15) is 0 Å². The third-order valence-corrected chi connectivity index (χ3v) is 2.09. The molecule has 3 N–H and O–H groups in total. The number of hydrogen-bond acceptors (Lipinski definition) is 5. The van der Waals surface area contributed by atoms with Crippen LogP contribution >= 0.6 is 0 Å². The summed E-state index contributed by atoms with van der Waals surface area (Å²) in [6.45, 7) is 2.61. The molecule has 1 aromatic heterocycles. The molecule has 17 heavy (non-hydrogen) atoms. The Bertz CT molecular complexity index is 484. The monoisotopic (exact) mass is 230 g/mol. The summed E-state index contributed by atoms with van der Waals surface area (Å²) in [5.41, 5.74) is 6.45. The van der Waals surface area contributed by atoms with Crippen LogP contribution < -0.4 is 15.8 Å². The van der Waals surface area contributed by atoms with Crippen molar-refractivity contribution >= 4 is 17.3 Å². The van der Waals surface area contributed by atoms with Gasteiger partial charge in [0.1, 0.15) is 11.6 Å². The first-order valence-electron chi connectivity index (χ1n) is 5.35. The molecule has 0 radical (unpaired) electrons. The molecule has 0 saturated carbocycles. The van der Waals surface area contributed by atoms with Crippen molar-refractivity contribution in [2.75, 3.05) is 17.7 Å². The third kappa shape index (κ3) is 3.07. The van der Waals surface area contributed by atoms with Crippen LogP contribution in [0.3, 0.4) is 0 Å². The third-order valence-electron chi connectivity index (χ3n) is 2.09. The van der Waals surface area contributed by atoms with Crippen LogP contribution in [-0.4, -0.2) is 16.6 Å². The number of rotatable bonds is 4. The number of nitrogens with zero attached hydrogens (tertiary/aromatic N) is 2. The molecule has 0 fully saturated rings. The Balaban J connectivity index is 2.08. The van der Waals surface area contributed by atoms with Crippen molar-refractivity contribution < 1.29 is 4.74 Å². The Hall–Kier alpha value is -2.30. The largest absolute Gasteiger partial charge is 0.494 e. The second kappa shape index (κ2) is 5.16. The lowest BCUT2D eigenvalue weighted by atomic mass is 10.3. The minimum Gasteiger partial charge on any atom is -0.494 e. The van der Waals surface area contributed by atoms with E-state index in [0.29, 0.717) is 18.2 Å². The molecule has 0 aliphatic heterocycles. The normalized spacial score (nSPS) is 9.94. The van der Waals surface area contributed by atoms with E-state index in [4.69, 9.17) is 10.5 Å². The minimum absolute atomic E-state index is 0.390. The van der Waals surface area contributed by atoms with E-state index in [2.05, 4.69) is 15.3 Å². The molecular formula is C12H14N4O. The van der Waals surface area contributed by atoms with E-state index in [1.807, 2.05) is 31.2 Å². The molecule has 0 bridgehead atoms. The zero-order chi connectivity index (χ0) is 12.1. The van der Waals surface area contributed by atoms with Gasteiger partial charge in [-0.1, -0.05) is 0 Å². The van der Waals surface area contributed by atoms with Crippen molar-refractivity contribution in [2.45, 2.75) is 6.92 Å². The van der Waals surface area contributed by atoms with Gasteiger partial charge in [0.2, 0.25) is 0 Å². The van der Waals surface area contributed by atoms with Crippen molar-refractivity contribution in [3.8, 4) is 5.75 Å². The Morgan fingerprint density at radius 1 is 1.24 bits per heavy atom. The van der Waals surface area contributed by atoms with Gasteiger partial charge < -0.3 is 15.8 Å². The molecule has 0 atom stereocenters. The molecule has 0 spiro atoms. The quantitative estimate of drug-likeness (QED) is 0.842. The fraction of sp³-hybridized carbons (Fsp3) is 0.167. The lowest BCUT2D eigenvalue weighted by Crippen LogP contribution is -1.98. The maximum atomic E-state index is 5.54. The molecule has 0 saturated heterocycles. The van der Waals surface area contributed by atoms with Gasteiger partial charge >= 0.3 is 0 Å². The second-order valence-electron chi connectivity index (χ2n) is 3.41. The Labute approximate surface area is 99.7 Å². The number of nitrogen functional groups attached to an aromatic ring is 1. The van der Waals surface area contributed by atoms with Crippen LogP contribution in [0, 0.1) is 0 Å². The SMILES string of the molecule is CCOc1ccc(Nc2cncc(N)n2)cc1. The van der Waals surface area contributed by atoms with Crippen LogP contribution in [0.2, 0.25) is 0 Å². The number of benzene rings is 1. The average molecular weight is 230 g/mol. The lowest BCUT2D eigenvalue weighted by Gasteiger charge is -2.07. The topological polar surface area (TPSA) is 73.1 Å². The van der Waals surface area contributed by atoms with Gasteiger partial charge in [0, 0.05) is 5.69 Å². The first kappa shape index (κ1) is 11.2. The van der Waals surface area contributed by atoms with Gasteiger partial charge in [-0.3, -0.25) is 4.98 Å². The lowest BCUT2D eigenvalue weighted by molar-refractivity contribution is 0.340. The highest BCUT2D eigenvalue weighted by Crippen LogP contribution is 2.18. The number of aromatic nitrogens is 2. The van der Waals surface area contributed by atoms with Crippen LogP contribution in [0.25, 0.3) is 0 Å². The highest BCUT2D eigenvalue weighted by Gasteiger charge is 1.98. The van der Waals surface area contributed by atoms with E-state index < -0.39 is 0 Å². The van der Waals surface area contributed by atoms with E-state index in [9.17, 15) is 0 Å². The summed E-state index contributed by atoms with van der Waals surface area (Å²) in [5.74, 6) is 1.85. The fourth-order valence-corrected chi connectivity index (χ4v) is 1.39. The van der Waals surface area contributed by atoms with Crippen LogP contribution in [0.4, 0.5) is 17.3 Å². The van der Waals surface area contributed by atoms with Gasteiger partial charge in [0.25, 0.3) is 0 Å². The molecule has 0 amide bonds. The van der Waals surface area contributed by atoms with Crippen LogP contribution in [0.5, 0.6) is 5.75 Å². The first-order chi connectivity index (χ1) is 8.28. The standard InChI is InChI=1S/C12H14N4O/c1-2-17-10-5-3-9(4-6-10)15-12-8-14-7-11(13)16-12/h3-8H,2H2,1H3,(H3,13,15,16). The molecule has 2 aromatic rings. The van der Waals surface area contributed by atoms with Crippen LogP contribution in [-0.2, 0) is 0 Å². The van der Waals surface area contributed by atoms with Crippen LogP contribution in [0.1, 0.15) is 6.92 Å². The smallest absolute Gasteiger partial charge is 0.151 e. The molecule has 5 nitrogen and oxygen atoms in total. The maximum Gasteiger partial charge on any atom is 0.151 e. The minimum atomic E-state index is 0.390. The van der Waals surface area contributed by atoms with Crippen molar-refractivity contribution in [2.24, 2.45) is 0 Å². The highest BCUT2D eigenvalue weighted by atomic mass is 16.5. The van der Waals surface area contributed by atoms with Gasteiger partial charge in [0.05, 0.1) is 19.0 Å². The Morgan fingerprint density at radius 3 is 2.65 bits per heavy atom. The van der Waals surface area contributed by atoms with Gasteiger partial charge in [-0.25, -0.2) is 4.98 Å². The van der Waals surface area contributed by atoms with E-state index in [1.165, 1.54) is 6.20 Å². The fourth-order valence-electron chi connectivity index (χ4n) is 1.39. The molecule has 1 aromatic carbocycles. The van der Waals surface area contributed by atoms with E-state index in [0.717, 1.165) is 11.4 Å². The number of hydrogen-bond donors (Lipinski definition) is 2. The molecular weight excluding hydrogens is 216 g/mol. The predicted octanol–water partition coefficient (Wildman–Crippen LogP) is 2.20. The van der Waals surface area contributed by atoms with Gasteiger partial charge in [-0.15, -0.1) is 0 Å². The van der Waals surface area contributed by atoms with Crippen LogP contribution in [0.15, 0.2) is 36.7 Å². The van der Waals surface area contributed by atoms with Crippen molar-refractivity contribution in [3.63, 3.8) is 0 Å². The molecule has 2 rings (SSSR count). The number of ether oxygens (including phenoxy) is 1. The summed E-state index contributed by atoms with van der Waals surface area (Å²) in [5, 5.41) is 3.10. The van der Waals surface area contributed by atoms with Crippen molar-refractivity contribution in [1.29, 1.82) is 0 Å². The second-order valence-corrected chi connectivity index (χ2v) is 3.41. The molecule has 5 heteroatoms. The predicted molar refractivity (Wildman–Crippen MR) is 67.3 cm³/mol. The summed E-state index contributed by atoms with van der Waals surface area (Å²) >= 11 is 0. The van der Waals surface area contributed by atoms with Crippen molar-refractivity contribution in [1.82, 2.24) is 9.97 Å². The summed E-state index contributed by atoms with van der Waals surface area (Å²) in [4.78, 5) is 8.05. The molecule has 0 unspecified atom stereocenters. The summed E-state index contributed by atoms with van der Waals surface area (Å²) in [7, 11) is 0. The Morgan fingerprint density at radius 2 is 2.00 bits per heavy atom. The van der Waals surface area contributed by atoms with E-state index in [-0.39, 0.29) is 0 Å². The summed E-state index contributed by atoms with van der Waals surface area (Å²) in [6, 6.07) is 7.61. The zero-order valence-corrected chi connectivity index (χ0v) is 9.55. The Kier molecular flexibility index (Phi) is 3.40. The van der Waals surface area contributed by atoms with E-state index in [1.54, 1.807) is 6.20 Å². The average Bonchev–Trinajstić information content (AvgIpc) is 2.32. The van der Waals surface area contributed by atoms with Crippen molar-refractivity contribution in [3.05, 3.63) is 36.7 Å². The van der Waals surface area contributed by atoms with E-state index >= 15 is 0 Å². The molecule has 1 heterocycles. The highest BCUT2D eigenvalue weighted by molar-refractivity contribution is 5.57. The number of nitrogens with two attached hydrogens (primary N) is 1. The first-order valence-corrected chi connectivity index (χ1v) is 5.35. The summed E-state index contributed by atoms with van der Waals surface area (Å²) in [6.07, 6.45) is 3.12. The molecule has 0 aliphatic rings. The number of anilines is 3. The number of nitrogens with one attached hydrogen (secondary N) is 1. The zero-order valence-electron chi connectivity index (χ0n) is 9.55. The molecule has 0 aliphatic carbocycles. The summed E-state index contributed by atoms with van der Waals surface area (Å²) < 4.78 is 5.35. The van der Waals surface area contributed by atoms with Gasteiger partial charge in [0.15, 0.2) is 5.82 Å². The maximum absolute atomic E-state index is 5.54.